The fraction of sp³-hybridized carbons (Fsp3) is 0.229. The minimum absolute atomic E-state index is 0.220. The van der Waals surface area contributed by atoms with Crippen LogP contribution < -0.4 is 9.40 Å². The number of benzene rings is 3. The van der Waals surface area contributed by atoms with E-state index < -0.39 is 25.6 Å². The van der Waals surface area contributed by atoms with Crippen LogP contribution in [0.2, 0.25) is 0 Å². The van der Waals surface area contributed by atoms with E-state index in [1.807, 2.05) is 12.1 Å². The summed E-state index contributed by atoms with van der Waals surface area (Å²) in [5.74, 6) is -1.11. The third-order valence-electron chi connectivity index (χ3n) is 8.66. The molecule has 0 radical (unpaired) electrons. The number of carbonyl (C=O) groups is 2. The van der Waals surface area contributed by atoms with Gasteiger partial charge in [0.15, 0.2) is 0 Å². The van der Waals surface area contributed by atoms with Gasteiger partial charge in [-0.2, -0.15) is 0 Å². The Labute approximate surface area is 251 Å². The molecule has 0 saturated carbocycles. The number of rotatable bonds is 5. The molecule has 0 saturated heterocycles. The van der Waals surface area contributed by atoms with Crippen LogP contribution in [-0.4, -0.2) is 40.1 Å². The number of amides is 2. The van der Waals surface area contributed by atoms with Gasteiger partial charge in [-0.3, -0.25) is 0 Å². The van der Waals surface area contributed by atoms with Crippen molar-refractivity contribution in [1.82, 2.24) is 3.95 Å². The summed E-state index contributed by atoms with van der Waals surface area (Å²) >= 11 is -2.33. The van der Waals surface area contributed by atoms with Crippen LogP contribution in [-0.2, 0) is 38.1 Å². The molecule has 0 spiro atoms. The molecule has 3 aliphatic heterocycles. The number of carbonyl (C=O) groups excluding carboxylic acids is 2. The van der Waals surface area contributed by atoms with Gasteiger partial charge in [0, 0.05) is 0 Å². The van der Waals surface area contributed by atoms with Gasteiger partial charge in [-0.15, -0.1) is 0 Å². The van der Waals surface area contributed by atoms with Crippen molar-refractivity contribution in [2.24, 2.45) is 0 Å². The van der Waals surface area contributed by atoms with Crippen LogP contribution in [0.4, 0.5) is 11.4 Å². The Hall–Kier alpha value is -4.20. The van der Waals surface area contributed by atoms with E-state index in [0.717, 1.165) is 27.2 Å². The summed E-state index contributed by atoms with van der Waals surface area (Å²) < 4.78 is 16.7. The molecule has 6 nitrogen and oxygen atoms in total. The van der Waals surface area contributed by atoms with E-state index in [1.165, 1.54) is 33.9 Å². The van der Waals surface area contributed by atoms with Crippen LogP contribution in [0, 0.1) is 0 Å². The molecular formula is C35H34CoN3O3+. The number of hydrogen-bond acceptors (Lipinski definition) is 4. The van der Waals surface area contributed by atoms with Gasteiger partial charge in [-0.05, 0) is 0 Å². The van der Waals surface area contributed by atoms with Crippen molar-refractivity contribution in [3.63, 3.8) is 0 Å². The first kappa shape index (κ1) is 27.9. The normalized spacial score (nSPS) is 20.1. The van der Waals surface area contributed by atoms with Crippen molar-refractivity contribution >= 4 is 39.0 Å². The summed E-state index contributed by atoms with van der Waals surface area (Å²) in [5.41, 5.74) is 8.77. The molecule has 6 rings (SSSR count). The van der Waals surface area contributed by atoms with Gasteiger partial charge in [-0.25, -0.2) is 0 Å². The molecule has 0 unspecified atom stereocenters. The van der Waals surface area contributed by atoms with E-state index in [4.69, 9.17) is 0 Å². The number of imide groups is 1. The second-order valence-electron chi connectivity index (χ2n) is 11.9. The fourth-order valence-corrected chi connectivity index (χ4v) is 7.66. The first-order chi connectivity index (χ1) is 19.9. The average Bonchev–Trinajstić information content (AvgIpc) is 3.49. The summed E-state index contributed by atoms with van der Waals surface area (Å²) in [7, 11) is 4.22. The van der Waals surface area contributed by atoms with Crippen LogP contribution >= 0.6 is 0 Å². The van der Waals surface area contributed by atoms with Gasteiger partial charge >= 0.3 is 252 Å². The van der Waals surface area contributed by atoms with Crippen LogP contribution in [0.5, 0.6) is 0 Å². The Morgan fingerprint density at radius 1 is 0.810 bits per heavy atom. The molecule has 0 bridgehead atoms. The number of fused-ring (bicyclic) bond motifs is 2. The molecule has 3 aliphatic rings. The van der Waals surface area contributed by atoms with Gasteiger partial charge in [-0.1, -0.05) is 0 Å². The molecule has 0 aromatic heterocycles. The standard InChI is InChI=1S/C31H32N2.C4H3NO2.Co.O/c1-30(2)24-16-10-12-18-26(24)32(5)28(30)20-23(22-14-8-7-9-15-22)21-29-31(3,4)25-17-11-13-19-27(25)33(29)6;6-3-1-2-4(7)5-3;;/h8-21H,1-6H3;1-2H,(H,5,6,7);;/q+1;;+1;/p-1. The predicted molar refractivity (Wildman–Crippen MR) is 162 cm³/mol. The molecule has 0 N–H and O–H groups in total. The van der Waals surface area contributed by atoms with Gasteiger partial charge in [0.1, 0.15) is 0 Å². The number of para-hydroxylation sites is 2. The first-order valence-electron chi connectivity index (χ1n) is 13.9. The van der Waals surface area contributed by atoms with Crippen molar-refractivity contribution in [3.05, 3.63) is 119 Å². The number of nitrogens with zero attached hydrogens (tertiary/aromatic N) is 3. The second kappa shape index (κ2) is 9.96. The maximum absolute atomic E-state index is 13.2. The van der Waals surface area contributed by atoms with Crippen molar-refractivity contribution in [2.45, 2.75) is 38.5 Å². The van der Waals surface area contributed by atoms with Gasteiger partial charge in [0.2, 0.25) is 0 Å². The third kappa shape index (κ3) is 4.27. The molecule has 3 heterocycles. The van der Waals surface area contributed by atoms with E-state index in [-0.39, 0.29) is 10.8 Å². The van der Waals surface area contributed by atoms with Crippen molar-refractivity contribution in [3.8, 4) is 0 Å². The van der Waals surface area contributed by atoms with Crippen LogP contribution in [0.3, 0.4) is 0 Å². The Bertz CT molecular complexity index is 1790. The number of anilines is 1. The maximum atomic E-state index is 13.2. The summed E-state index contributed by atoms with van der Waals surface area (Å²) in [4.78, 5) is 26.5. The van der Waals surface area contributed by atoms with Gasteiger partial charge < -0.3 is 0 Å². The van der Waals surface area contributed by atoms with Crippen LogP contribution in [0.15, 0.2) is 103 Å². The molecule has 3 aromatic carbocycles. The Kier molecular flexibility index (Phi) is 6.63. The zero-order valence-electron chi connectivity index (χ0n) is 24.6. The molecule has 42 heavy (non-hydrogen) atoms. The topological polar surface area (TPSA) is 60.7 Å². The number of allylic oxidation sites excluding steroid dienone is 4. The zero-order valence-corrected chi connectivity index (χ0v) is 25.7. The second-order valence-corrected chi connectivity index (χ2v) is 13.6. The van der Waals surface area contributed by atoms with Crippen molar-refractivity contribution in [2.75, 3.05) is 19.0 Å². The van der Waals surface area contributed by atoms with Gasteiger partial charge in [0.25, 0.3) is 0 Å². The SMILES string of the molecule is CN1/C(=C\C(=C\C2=[N+](C)c3ccccc3C2(C)C)c2cc[c]([Co](=[O])[N]3C(=O)C=CC3=O)cc2)C(C)(C)c2ccccc21. The first-order valence-corrected chi connectivity index (χ1v) is 15.3. The molecule has 3 aromatic rings. The average molecular weight is 604 g/mol. The molecule has 2 amide bonds. The molecule has 0 fully saturated rings. The molecular weight excluding hydrogens is 569 g/mol. The van der Waals surface area contributed by atoms with E-state index in [0.29, 0.717) is 4.50 Å². The van der Waals surface area contributed by atoms with Crippen LogP contribution in [0.25, 0.3) is 5.57 Å². The van der Waals surface area contributed by atoms with Gasteiger partial charge in [0.05, 0.1) is 0 Å². The Balaban J connectivity index is 1.48. The van der Waals surface area contributed by atoms with E-state index in [9.17, 15) is 13.5 Å². The number of likely N-dealkylation sites (N-methyl/N-ethyl adjacent to an activating group) is 1. The molecule has 0 atom stereocenters. The summed E-state index contributed by atoms with van der Waals surface area (Å²) in [6.45, 7) is 9.00. The predicted octanol–water partition coefficient (Wildman–Crippen LogP) is 5.52. The van der Waals surface area contributed by atoms with Crippen molar-refractivity contribution < 1.29 is 31.8 Å². The van der Waals surface area contributed by atoms with E-state index >= 15 is 0 Å². The Morgan fingerprint density at radius 2 is 1.40 bits per heavy atom. The summed E-state index contributed by atoms with van der Waals surface area (Å²) in [6, 6.07) is 24.3. The molecule has 0 aliphatic carbocycles. The Morgan fingerprint density at radius 3 is 2.02 bits per heavy atom. The fourth-order valence-electron chi connectivity index (χ4n) is 6.35. The monoisotopic (exact) mass is 603 g/mol. The summed E-state index contributed by atoms with van der Waals surface area (Å²) in [6.07, 6.45) is 6.82. The number of hydrogen-bond donors (Lipinski definition) is 0. The summed E-state index contributed by atoms with van der Waals surface area (Å²) in [5, 5.41) is 0. The van der Waals surface area contributed by atoms with Crippen LogP contribution in [0.1, 0.15) is 44.4 Å². The van der Waals surface area contributed by atoms with Crippen molar-refractivity contribution in [1.29, 1.82) is 0 Å². The quantitative estimate of drug-likeness (QED) is 0.285. The van der Waals surface area contributed by atoms with E-state index in [2.05, 4.69) is 112 Å². The minimum atomic E-state index is -2.33. The third-order valence-corrected chi connectivity index (χ3v) is 10.4. The zero-order chi connectivity index (χ0) is 30.0. The van der Waals surface area contributed by atoms with E-state index in [1.54, 1.807) is 12.1 Å². The molecule has 215 valence electrons. The molecule has 7 heteroatoms.